The number of nitrogens with zero attached hydrogens (tertiary/aromatic N) is 2. The van der Waals surface area contributed by atoms with Crippen molar-refractivity contribution in [3.05, 3.63) is 11.6 Å². The van der Waals surface area contributed by atoms with E-state index in [9.17, 15) is 9.90 Å². The van der Waals surface area contributed by atoms with E-state index in [2.05, 4.69) is 20.5 Å². The molecule has 1 heterocycles. The normalized spacial score (nSPS) is 25.2. The summed E-state index contributed by atoms with van der Waals surface area (Å²) in [5.74, 6) is 1.76. The highest BCUT2D eigenvalue weighted by Gasteiger charge is 2.36. The number of aryl methyl sites for hydroxylation is 1. The van der Waals surface area contributed by atoms with Gasteiger partial charge in [-0.25, -0.2) is 9.78 Å². The zero-order valence-electron chi connectivity index (χ0n) is 13.7. The molecule has 1 saturated carbocycles. The number of aromatic nitrogens is 3. The van der Waals surface area contributed by atoms with Crippen molar-refractivity contribution in [2.75, 3.05) is 6.54 Å². The third-order valence-corrected chi connectivity index (χ3v) is 3.81. The zero-order chi connectivity index (χ0) is 16.3. The molecule has 0 spiro atoms. The molecule has 0 saturated heterocycles. The lowest BCUT2D eigenvalue weighted by atomic mass is 10.0. The number of carbonyl (C=O) groups is 1. The number of rotatable bonds is 4. The van der Waals surface area contributed by atoms with Gasteiger partial charge in [0.05, 0.1) is 6.10 Å². The van der Waals surface area contributed by atoms with Crippen LogP contribution in [0.5, 0.6) is 0 Å². The van der Waals surface area contributed by atoms with Crippen LogP contribution in [0.1, 0.15) is 58.1 Å². The fourth-order valence-electron chi connectivity index (χ4n) is 2.71. The second-order valence-electron chi connectivity index (χ2n) is 6.87. The Morgan fingerprint density at radius 1 is 1.45 bits per heavy atom. The summed E-state index contributed by atoms with van der Waals surface area (Å²) in [5, 5.41) is 20.0. The van der Waals surface area contributed by atoms with Crippen LogP contribution in [0.25, 0.3) is 0 Å². The first kappa shape index (κ1) is 16.7. The van der Waals surface area contributed by atoms with Crippen molar-refractivity contribution in [3.8, 4) is 0 Å². The molecule has 2 rings (SSSR count). The molecule has 1 amide bonds. The van der Waals surface area contributed by atoms with Gasteiger partial charge in [0.2, 0.25) is 0 Å². The van der Waals surface area contributed by atoms with E-state index in [-0.39, 0.29) is 11.8 Å². The number of ether oxygens (including phenoxy) is 1. The molecule has 1 aromatic heterocycles. The summed E-state index contributed by atoms with van der Waals surface area (Å²) in [5.41, 5.74) is -0.517. The molecule has 1 aliphatic carbocycles. The Morgan fingerprint density at radius 3 is 2.77 bits per heavy atom. The van der Waals surface area contributed by atoms with Crippen molar-refractivity contribution in [2.24, 2.45) is 5.92 Å². The topological polar surface area (TPSA) is 100 Å². The van der Waals surface area contributed by atoms with Gasteiger partial charge in [0, 0.05) is 24.8 Å². The molecule has 124 valence electrons. The predicted octanol–water partition coefficient (Wildman–Crippen LogP) is 1.75. The van der Waals surface area contributed by atoms with Gasteiger partial charge in [-0.3, -0.25) is 5.10 Å². The fourth-order valence-corrected chi connectivity index (χ4v) is 2.71. The highest BCUT2D eigenvalue weighted by molar-refractivity contribution is 5.67. The van der Waals surface area contributed by atoms with Crippen LogP contribution in [0.4, 0.5) is 4.79 Å². The number of aliphatic hydroxyl groups excluding tert-OH is 1. The lowest BCUT2D eigenvalue weighted by molar-refractivity contribution is 0.0500. The minimum absolute atomic E-state index is 0.00101. The van der Waals surface area contributed by atoms with E-state index in [1.54, 1.807) is 0 Å². The third kappa shape index (κ3) is 4.43. The smallest absolute Gasteiger partial charge is 0.407 e. The largest absolute Gasteiger partial charge is 0.444 e. The Morgan fingerprint density at radius 2 is 2.18 bits per heavy atom. The Balaban J connectivity index is 1.85. The number of H-pyrrole nitrogens is 1. The monoisotopic (exact) mass is 310 g/mol. The molecular weight excluding hydrogens is 284 g/mol. The first-order valence-corrected chi connectivity index (χ1v) is 7.84. The van der Waals surface area contributed by atoms with Gasteiger partial charge in [-0.15, -0.1) is 0 Å². The van der Waals surface area contributed by atoms with E-state index in [1.165, 1.54) is 0 Å². The Kier molecular flexibility index (Phi) is 5.05. The van der Waals surface area contributed by atoms with E-state index in [0.29, 0.717) is 13.0 Å². The van der Waals surface area contributed by atoms with E-state index < -0.39 is 17.8 Å². The molecule has 0 aromatic carbocycles. The van der Waals surface area contributed by atoms with Crippen LogP contribution in [0.2, 0.25) is 0 Å². The van der Waals surface area contributed by atoms with Gasteiger partial charge in [-0.2, -0.15) is 5.10 Å². The van der Waals surface area contributed by atoms with Crippen LogP contribution in [0.15, 0.2) is 0 Å². The summed E-state index contributed by atoms with van der Waals surface area (Å²) in [6, 6.07) is 0. The molecule has 22 heavy (non-hydrogen) atoms. The molecule has 7 nitrogen and oxygen atoms in total. The number of hydrogen-bond donors (Lipinski definition) is 3. The standard InChI is InChI=1S/C15H26N4O3/c1-5-12-17-13(19-18-12)9-6-10(11(20)7-9)8-16-14(21)22-15(2,3)4/h9-11,20H,5-8H2,1-4H3,(H,16,21)(H,17,18,19)/t9-,10+,11+/m0/s1. The van der Waals surface area contributed by atoms with E-state index in [1.807, 2.05) is 27.7 Å². The van der Waals surface area contributed by atoms with Crippen molar-refractivity contribution in [3.63, 3.8) is 0 Å². The predicted molar refractivity (Wildman–Crippen MR) is 81.5 cm³/mol. The molecule has 3 N–H and O–H groups in total. The lowest BCUT2D eigenvalue weighted by Gasteiger charge is -2.21. The molecule has 0 bridgehead atoms. The maximum absolute atomic E-state index is 11.7. The molecule has 1 fully saturated rings. The van der Waals surface area contributed by atoms with E-state index in [4.69, 9.17) is 4.74 Å². The second kappa shape index (κ2) is 6.64. The van der Waals surface area contributed by atoms with E-state index >= 15 is 0 Å². The quantitative estimate of drug-likeness (QED) is 0.786. The minimum Gasteiger partial charge on any atom is -0.444 e. The van der Waals surface area contributed by atoms with Crippen molar-refractivity contribution in [1.82, 2.24) is 20.5 Å². The molecular formula is C15H26N4O3. The van der Waals surface area contributed by atoms with Crippen LogP contribution in [-0.4, -0.2) is 44.6 Å². The van der Waals surface area contributed by atoms with Crippen molar-refractivity contribution in [1.29, 1.82) is 0 Å². The van der Waals surface area contributed by atoms with E-state index in [0.717, 1.165) is 24.5 Å². The van der Waals surface area contributed by atoms with Crippen molar-refractivity contribution >= 4 is 6.09 Å². The SMILES string of the molecule is CCc1nc([C@H]2C[C@H](CNC(=O)OC(C)(C)C)[C@H](O)C2)n[nH]1. The highest BCUT2D eigenvalue weighted by atomic mass is 16.6. The molecule has 3 atom stereocenters. The fraction of sp³-hybridized carbons (Fsp3) is 0.800. The molecule has 0 unspecified atom stereocenters. The summed E-state index contributed by atoms with van der Waals surface area (Å²) < 4.78 is 5.20. The third-order valence-electron chi connectivity index (χ3n) is 3.81. The number of hydrogen-bond acceptors (Lipinski definition) is 5. The summed E-state index contributed by atoms with van der Waals surface area (Å²) in [6.07, 6.45) is 1.30. The Labute approximate surface area is 130 Å². The summed E-state index contributed by atoms with van der Waals surface area (Å²) in [6.45, 7) is 7.88. The number of aromatic amines is 1. The zero-order valence-corrected chi connectivity index (χ0v) is 13.7. The van der Waals surface area contributed by atoms with Gasteiger partial charge in [-0.05, 0) is 33.6 Å². The molecule has 1 aliphatic rings. The van der Waals surface area contributed by atoms with Crippen LogP contribution < -0.4 is 5.32 Å². The maximum Gasteiger partial charge on any atom is 0.407 e. The highest BCUT2D eigenvalue weighted by Crippen LogP contribution is 2.36. The number of aliphatic hydroxyl groups is 1. The van der Waals surface area contributed by atoms with Crippen LogP contribution in [0.3, 0.4) is 0 Å². The minimum atomic E-state index is -0.517. The van der Waals surface area contributed by atoms with Gasteiger partial charge in [0.25, 0.3) is 0 Å². The average molecular weight is 310 g/mol. The number of nitrogens with one attached hydrogen (secondary N) is 2. The first-order chi connectivity index (χ1) is 10.3. The molecule has 0 aliphatic heterocycles. The average Bonchev–Trinajstić information content (AvgIpc) is 3.00. The lowest BCUT2D eigenvalue weighted by Crippen LogP contribution is -2.36. The van der Waals surface area contributed by atoms with Gasteiger partial charge in [-0.1, -0.05) is 6.92 Å². The number of carbonyl (C=O) groups excluding carboxylic acids is 1. The van der Waals surface area contributed by atoms with Crippen LogP contribution in [-0.2, 0) is 11.2 Å². The van der Waals surface area contributed by atoms with Crippen molar-refractivity contribution < 1.29 is 14.6 Å². The Hall–Kier alpha value is -1.63. The van der Waals surface area contributed by atoms with Crippen molar-refractivity contribution in [2.45, 2.75) is 64.6 Å². The summed E-state index contributed by atoms with van der Waals surface area (Å²) in [4.78, 5) is 16.1. The van der Waals surface area contributed by atoms with Gasteiger partial charge in [0.15, 0.2) is 5.82 Å². The Bertz CT molecular complexity index is 509. The molecule has 1 aromatic rings. The second-order valence-corrected chi connectivity index (χ2v) is 6.87. The first-order valence-electron chi connectivity index (χ1n) is 7.84. The maximum atomic E-state index is 11.7. The number of alkyl carbamates (subject to hydrolysis) is 1. The summed E-state index contributed by atoms with van der Waals surface area (Å²) >= 11 is 0. The molecule has 7 heteroatoms. The number of amides is 1. The summed E-state index contributed by atoms with van der Waals surface area (Å²) in [7, 11) is 0. The van der Waals surface area contributed by atoms with Crippen LogP contribution >= 0.6 is 0 Å². The van der Waals surface area contributed by atoms with Gasteiger partial charge in [0.1, 0.15) is 11.4 Å². The van der Waals surface area contributed by atoms with Crippen LogP contribution in [0, 0.1) is 5.92 Å². The van der Waals surface area contributed by atoms with Gasteiger partial charge >= 0.3 is 6.09 Å². The molecule has 0 radical (unpaired) electrons. The van der Waals surface area contributed by atoms with Gasteiger partial charge < -0.3 is 15.2 Å².